The van der Waals surface area contributed by atoms with Crippen LogP contribution in [0, 0.1) is 36.5 Å². The van der Waals surface area contributed by atoms with E-state index in [2.05, 4.69) is 16.4 Å². The number of aryl methyl sites for hydroxylation is 2. The number of amides is 1. The SMILES string of the molecule is Cc1cc(C)c(C#N)c(NCCN(C)C(=O)CC23CCC(CC2)C3)n1. The predicted octanol–water partition coefficient (Wildman–Crippen LogP) is 3.41. The van der Waals surface area contributed by atoms with Gasteiger partial charge in [-0.1, -0.05) is 0 Å². The molecule has 1 N–H and O–H groups in total. The third-order valence-electron chi connectivity index (χ3n) is 6.04. The Morgan fingerprint density at radius 3 is 2.76 bits per heavy atom. The third kappa shape index (κ3) is 3.78. The van der Waals surface area contributed by atoms with Crippen molar-refractivity contribution in [1.82, 2.24) is 9.88 Å². The van der Waals surface area contributed by atoms with Crippen LogP contribution in [0.25, 0.3) is 0 Å². The lowest BCUT2D eigenvalue weighted by molar-refractivity contribution is -0.132. The molecule has 134 valence electrons. The van der Waals surface area contributed by atoms with Crippen LogP contribution in [0.3, 0.4) is 0 Å². The molecule has 2 fully saturated rings. The van der Waals surface area contributed by atoms with Crippen molar-refractivity contribution >= 4 is 11.7 Å². The van der Waals surface area contributed by atoms with Gasteiger partial charge in [0.2, 0.25) is 5.91 Å². The van der Waals surface area contributed by atoms with E-state index in [1.165, 1.54) is 32.1 Å². The highest BCUT2D eigenvalue weighted by atomic mass is 16.2. The number of hydrogen-bond donors (Lipinski definition) is 1. The highest BCUT2D eigenvalue weighted by Crippen LogP contribution is 2.56. The number of hydrogen-bond acceptors (Lipinski definition) is 4. The Kier molecular flexibility index (Phi) is 4.99. The smallest absolute Gasteiger partial charge is 0.222 e. The van der Waals surface area contributed by atoms with Gasteiger partial charge in [0, 0.05) is 32.3 Å². The summed E-state index contributed by atoms with van der Waals surface area (Å²) in [6.45, 7) is 5.06. The number of nitrogens with zero attached hydrogens (tertiary/aromatic N) is 3. The second-order valence-electron chi connectivity index (χ2n) is 7.98. The molecule has 0 aliphatic heterocycles. The first-order valence-electron chi connectivity index (χ1n) is 9.29. The summed E-state index contributed by atoms with van der Waals surface area (Å²) in [5, 5.41) is 12.5. The lowest BCUT2D eigenvalue weighted by Crippen LogP contribution is -2.35. The van der Waals surface area contributed by atoms with E-state index in [4.69, 9.17) is 0 Å². The van der Waals surface area contributed by atoms with Crippen molar-refractivity contribution in [2.75, 3.05) is 25.5 Å². The fourth-order valence-corrected chi connectivity index (χ4v) is 4.59. The van der Waals surface area contributed by atoms with Crippen LogP contribution in [0.4, 0.5) is 5.82 Å². The molecule has 1 aromatic rings. The zero-order chi connectivity index (χ0) is 18.0. The highest BCUT2D eigenvalue weighted by Gasteiger charge is 2.46. The van der Waals surface area contributed by atoms with Crippen LogP contribution in [0.1, 0.15) is 55.3 Å². The second-order valence-corrected chi connectivity index (χ2v) is 7.98. The van der Waals surface area contributed by atoms with Gasteiger partial charge in [0.05, 0.1) is 5.56 Å². The summed E-state index contributed by atoms with van der Waals surface area (Å²) in [4.78, 5) is 18.8. The van der Waals surface area contributed by atoms with Crippen LogP contribution >= 0.6 is 0 Å². The molecule has 1 amide bonds. The average Bonchev–Trinajstić information content (AvgIpc) is 3.14. The number of likely N-dealkylation sites (N-methyl/N-ethyl adjacent to an activating group) is 1. The first-order chi connectivity index (χ1) is 11.9. The minimum atomic E-state index is 0.248. The molecule has 0 spiro atoms. The summed E-state index contributed by atoms with van der Waals surface area (Å²) in [6.07, 6.45) is 7.04. The van der Waals surface area contributed by atoms with Crippen LogP contribution in [-0.4, -0.2) is 35.9 Å². The fraction of sp³-hybridized carbons (Fsp3) is 0.650. The number of nitriles is 1. The number of rotatable bonds is 6. The van der Waals surface area contributed by atoms with Crippen LogP contribution < -0.4 is 5.32 Å². The van der Waals surface area contributed by atoms with Gasteiger partial charge in [0.1, 0.15) is 11.9 Å². The number of carbonyl (C=O) groups excluding carboxylic acids is 1. The normalized spacial score (nSPS) is 24.2. The Morgan fingerprint density at radius 2 is 2.16 bits per heavy atom. The molecule has 2 aliphatic rings. The van der Waals surface area contributed by atoms with Crippen LogP contribution in [0.2, 0.25) is 0 Å². The fourth-order valence-electron chi connectivity index (χ4n) is 4.59. The molecule has 1 heterocycles. The van der Waals surface area contributed by atoms with Crippen molar-refractivity contribution in [3.05, 3.63) is 22.9 Å². The van der Waals surface area contributed by atoms with E-state index in [1.807, 2.05) is 31.9 Å². The zero-order valence-corrected chi connectivity index (χ0v) is 15.6. The lowest BCUT2D eigenvalue weighted by Gasteiger charge is -2.28. The highest BCUT2D eigenvalue weighted by molar-refractivity contribution is 5.76. The Labute approximate surface area is 150 Å². The number of pyridine rings is 1. The van der Waals surface area contributed by atoms with Crippen LogP contribution in [0.5, 0.6) is 0 Å². The second kappa shape index (κ2) is 7.03. The molecule has 0 radical (unpaired) electrons. The summed E-state index contributed by atoms with van der Waals surface area (Å²) in [6, 6.07) is 4.12. The number of fused-ring (bicyclic) bond motifs is 2. The average molecular weight is 340 g/mol. The van der Waals surface area contributed by atoms with E-state index in [9.17, 15) is 10.1 Å². The maximum absolute atomic E-state index is 12.6. The molecule has 2 bridgehead atoms. The van der Waals surface area contributed by atoms with Crippen LogP contribution in [0.15, 0.2) is 6.07 Å². The Hall–Kier alpha value is -2.09. The van der Waals surface area contributed by atoms with E-state index in [0.717, 1.165) is 17.2 Å². The van der Waals surface area contributed by atoms with Gasteiger partial charge < -0.3 is 10.2 Å². The summed E-state index contributed by atoms with van der Waals surface area (Å²) >= 11 is 0. The molecular weight excluding hydrogens is 312 g/mol. The summed E-state index contributed by atoms with van der Waals surface area (Å²) in [5.74, 6) is 1.74. The van der Waals surface area contributed by atoms with Gasteiger partial charge in [0.25, 0.3) is 0 Å². The minimum absolute atomic E-state index is 0.248. The van der Waals surface area contributed by atoms with E-state index in [0.29, 0.717) is 36.3 Å². The van der Waals surface area contributed by atoms with E-state index < -0.39 is 0 Å². The minimum Gasteiger partial charge on any atom is -0.367 e. The molecule has 5 nitrogen and oxygen atoms in total. The van der Waals surface area contributed by atoms with Gasteiger partial charge in [-0.15, -0.1) is 0 Å². The van der Waals surface area contributed by atoms with Crippen LogP contribution in [-0.2, 0) is 4.79 Å². The van der Waals surface area contributed by atoms with E-state index >= 15 is 0 Å². The first kappa shape index (κ1) is 17.7. The zero-order valence-electron chi connectivity index (χ0n) is 15.6. The van der Waals surface area contributed by atoms with E-state index in [1.54, 1.807) is 0 Å². The van der Waals surface area contributed by atoms with Crippen molar-refractivity contribution in [2.24, 2.45) is 11.3 Å². The molecule has 2 aliphatic carbocycles. The van der Waals surface area contributed by atoms with Crippen molar-refractivity contribution in [3.8, 4) is 6.07 Å². The molecule has 0 unspecified atom stereocenters. The largest absolute Gasteiger partial charge is 0.367 e. The van der Waals surface area contributed by atoms with Gasteiger partial charge in [0.15, 0.2) is 0 Å². The molecule has 0 saturated heterocycles. The Balaban J connectivity index is 1.52. The van der Waals surface area contributed by atoms with Gasteiger partial charge >= 0.3 is 0 Å². The maximum Gasteiger partial charge on any atom is 0.222 e. The number of carbonyl (C=O) groups is 1. The molecule has 5 heteroatoms. The summed E-state index contributed by atoms with van der Waals surface area (Å²) < 4.78 is 0. The quantitative estimate of drug-likeness (QED) is 0.861. The van der Waals surface area contributed by atoms with E-state index in [-0.39, 0.29) is 5.91 Å². The standard InChI is InChI=1S/C20H28N4O/c1-14-10-15(2)23-19(17(14)13-21)22-8-9-24(3)18(25)12-20-6-4-16(11-20)5-7-20/h10,16H,4-9,11-12H2,1-3H3,(H,22,23). The summed E-state index contributed by atoms with van der Waals surface area (Å²) in [5.41, 5.74) is 2.70. The molecular formula is C20H28N4O. The van der Waals surface area contributed by atoms with Crippen molar-refractivity contribution in [1.29, 1.82) is 5.26 Å². The first-order valence-corrected chi connectivity index (χ1v) is 9.29. The molecule has 2 saturated carbocycles. The van der Waals surface area contributed by atoms with Gasteiger partial charge in [-0.2, -0.15) is 5.26 Å². The van der Waals surface area contributed by atoms with Crippen molar-refractivity contribution in [2.45, 2.75) is 52.4 Å². The Morgan fingerprint density at radius 1 is 1.44 bits per heavy atom. The molecule has 1 aromatic heterocycles. The molecule has 25 heavy (non-hydrogen) atoms. The lowest BCUT2D eigenvalue weighted by atomic mass is 9.81. The maximum atomic E-state index is 12.6. The number of nitrogens with one attached hydrogen (secondary N) is 1. The van der Waals surface area contributed by atoms with Crippen molar-refractivity contribution in [3.63, 3.8) is 0 Å². The van der Waals surface area contributed by atoms with Gasteiger partial charge in [-0.3, -0.25) is 4.79 Å². The van der Waals surface area contributed by atoms with Gasteiger partial charge in [-0.25, -0.2) is 4.98 Å². The topological polar surface area (TPSA) is 69.0 Å². The molecule has 3 rings (SSSR count). The number of anilines is 1. The van der Waals surface area contributed by atoms with Gasteiger partial charge in [-0.05, 0) is 68.9 Å². The molecule has 0 atom stereocenters. The predicted molar refractivity (Wildman–Crippen MR) is 98.2 cm³/mol. The van der Waals surface area contributed by atoms with Crippen molar-refractivity contribution < 1.29 is 4.79 Å². The Bertz CT molecular complexity index is 698. The summed E-state index contributed by atoms with van der Waals surface area (Å²) in [7, 11) is 1.88. The monoisotopic (exact) mass is 340 g/mol. The molecule has 0 aromatic carbocycles. The number of aromatic nitrogens is 1. The third-order valence-corrected chi connectivity index (χ3v) is 6.04.